The first-order chi connectivity index (χ1) is 14.4. The minimum Gasteiger partial charge on any atom is -0.496 e. The molecular weight excluding hydrogens is 408 g/mol. The van der Waals surface area contributed by atoms with Gasteiger partial charge in [-0.2, -0.15) is 4.31 Å². The van der Waals surface area contributed by atoms with Crippen LogP contribution in [-0.2, 0) is 14.8 Å². The third-order valence-corrected chi connectivity index (χ3v) is 7.05. The van der Waals surface area contributed by atoms with Crippen molar-refractivity contribution >= 4 is 32.7 Å². The van der Waals surface area contributed by atoms with Crippen LogP contribution in [0.1, 0.15) is 23.8 Å². The van der Waals surface area contributed by atoms with Gasteiger partial charge in [-0.25, -0.2) is 13.4 Å². The fraction of sp³-hybridized carbons (Fsp3) is 0.450. The molecule has 0 saturated carbocycles. The molecule has 1 saturated heterocycles. The van der Waals surface area contributed by atoms with Crippen LogP contribution in [0.5, 0.6) is 5.75 Å². The Kier molecular flexibility index (Phi) is 6.88. The number of nitrogens with zero attached hydrogens (tertiary/aromatic N) is 3. The van der Waals surface area contributed by atoms with E-state index in [0.29, 0.717) is 30.8 Å². The van der Waals surface area contributed by atoms with Crippen LogP contribution in [0.3, 0.4) is 0 Å². The van der Waals surface area contributed by atoms with Crippen molar-refractivity contribution < 1.29 is 22.7 Å². The maximum atomic E-state index is 12.5. The lowest BCUT2D eigenvalue weighted by Gasteiger charge is -2.34. The zero-order chi connectivity index (χ0) is 21.7. The lowest BCUT2D eigenvalue weighted by atomic mass is 10.1. The van der Waals surface area contributed by atoms with E-state index in [4.69, 9.17) is 4.74 Å². The van der Waals surface area contributed by atoms with Gasteiger partial charge in [0, 0.05) is 37.6 Å². The SMILES string of the molecule is CCCS(=O)(=O)N1CCN(C(=O)CNC(=O)c2cc(OC)c3ccccc3n2)CC1. The van der Waals surface area contributed by atoms with E-state index in [9.17, 15) is 18.0 Å². The number of carbonyl (C=O) groups excluding carboxylic acids is 2. The maximum absolute atomic E-state index is 12.5. The molecule has 2 amide bonds. The molecule has 3 rings (SSSR count). The van der Waals surface area contributed by atoms with Crippen molar-refractivity contribution in [2.75, 3.05) is 45.6 Å². The first kappa shape index (κ1) is 22.0. The van der Waals surface area contributed by atoms with Gasteiger partial charge in [0.1, 0.15) is 11.4 Å². The van der Waals surface area contributed by atoms with E-state index in [1.54, 1.807) is 17.0 Å². The summed E-state index contributed by atoms with van der Waals surface area (Å²) in [6, 6.07) is 8.86. The predicted octanol–water partition coefficient (Wildman–Crippen LogP) is 0.857. The number of para-hydroxylation sites is 1. The average molecular weight is 435 g/mol. The summed E-state index contributed by atoms with van der Waals surface area (Å²) in [6.07, 6.45) is 0.557. The zero-order valence-electron chi connectivity index (χ0n) is 17.1. The molecule has 162 valence electrons. The van der Waals surface area contributed by atoms with E-state index in [1.807, 2.05) is 25.1 Å². The summed E-state index contributed by atoms with van der Waals surface area (Å²) in [6.45, 7) is 2.79. The van der Waals surface area contributed by atoms with Crippen molar-refractivity contribution in [2.45, 2.75) is 13.3 Å². The molecule has 30 heavy (non-hydrogen) atoms. The highest BCUT2D eigenvalue weighted by Crippen LogP contribution is 2.24. The number of aromatic nitrogens is 1. The first-order valence-electron chi connectivity index (χ1n) is 9.83. The van der Waals surface area contributed by atoms with Crippen LogP contribution >= 0.6 is 0 Å². The second-order valence-corrected chi connectivity index (χ2v) is 9.09. The molecule has 0 radical (unpaired) electrons. The number of piperazine rings is 1. The molecule has 10 heteroatoms. The molecule has 2 aromatic rings. The van der Waals surface area contributed by atoms with Crippen LogP contribution in [0.25, 0.3) is 10.9 Å². The number of ether oxygens (including phenoxy) is 1. The lowest BCUT2D eigenvalue weighted by Crippen LogP contribution is -2.52. The van der Waals surface area contributed by atoms with E-state index in [1.165, 1.54) is 11.4 Å². The molecule has 0 aliphatic carbocycles. The molecule has 1 fully saturated rings. The molecule has 0 spiro atoms. The van der Waals surface area contributed by atoms with Crippen molar-refractivity contribution in [2.24, 2.45) is 0 Å². The van der Waals surface area contributed by atoms with Gasteiger partial charge in [0.2, 0.25) is 15.9 Å². The van der Waals surface area contributed by atoms with Crippen molar-refractivity contribution in [3.05, 3.63) is 36.0 Å². The highest BCUT2D eigenvalue weighted by molar-refractivity contribution is 7.89. The average Bonchev–Trinajstić information content (AvgIpc) is 2.76. The topological polar surface area (TPSA) is 109 Å². The number of hydrogen-bond acceptors (Lipinski definition) is 6. The second kappa shape index (κ2) is 9.40. The van der Waals surface area contributed by atoms with Crippen LogP contribution < -0.4 is 10.1 Å². The number of hydrogen-bond donors (Lipinski definition) is 1. The van der Waals surface area contributed by atoms with Crippen molar-refractivity contribution in [1.29, 1.82) is 0 Å². The fourth-order valence-electron chi connectivity index (χ4n) is 3.39. The Morgan fingerprint density at radius 1 is 1.17 bits per heavy atom. The van der Waals surface area contributed by atoms with Crippen LogP contribution in [0.2, 0.25) is 0 Å². The van der Waals surface area contributed by atoms with Crippen molar-refractivity contribution in [3.63, 3.8) is 0 Å². The van der Waals surface area contributed by atoms with Gasteiger partial charge in [0.25, 0.3) is 5.91 Å². The molecular formula is C20H26N4O5S. The fourth-order valence-corrected chi connectivity index (χ4v) is 4.88. The van der Waals surface area contributed by atoms with E-state index in [0.717, 1.165) is 5.39 Å². The standard InChI is InChI=1S/C20H26N4O5S/c1-3-12-30(27,28)24-10-8-23(9-11-24)19(25)14-21-20(26)17-13-18(29-2)15-6-4-5-7-16(15)22-17/h4-7,13H,3,8-12,14H2,1-2H3,(H,21,26). The third-order valence-electron chi connectivity index (χ3n) is 4.98. The number of pyridine rings is 1. The quantitative estimate of drug-likeness (QED) is 0.692. The highest BCUT2D eigenvalue weighted by atomic mass is 32.2. The van der Waals surface area contributed by atoms with Crippen LogP contribution in [0.15, 0.2) is 30.3 Å². The van der Waals surface area contributed by atoms with Crippen molar-refractivity contribution in [1.82, 2.24) is 19.5 Å². The molecule has 2 heterocycles. The van der Waals surface area contributed by atoms with Crippen LogP contribution in [0.4, 0.5) is 0 Å². The normalized spacial score (nSPS) is 15.2. The van der Waals surface area contributed by atoms with Crippen LogP contribution in [0, 0.1) is 0 Å². The molecule has 1 N–H and O–H groups in total. The Labute approximate surface area is 176 Å². The smallest absolute Gasteiger partial charge is 0.270 e. The zero-order valence-corrected chi connectivity index (χ0v) is 17.9. The number of methoxy groups -OCH3 is 1. The largest absolute Gasteiger partial charge is 0.496 e. The number of sulfonamides is 1. The number of carbonyl (C=O) groups is 2. The summed E-state index contributed by atoms with van der Waals surface area (Å²) in [7, 11) is -1.74. The van der Waals surface area contributed by atoms with Gasteiger partial charge in [-0.05, 0) is 18.6 Å². The number of fused-ring (bicyclic) bond motifs is 1. The van der Waals surface area contributed by atoms with Gasteiger partial charge < -0.3 is 15.0 Å². The van der Waals surface area contributed by atoms with E-state index >= 15 is 0 Å². The third kappa shape index (κ3) is 4.88. The first-order valence-corrected chi connectivity index (χ1v) is 11.4. The molecule has 1 aliphatic rings. The van der Waals surface area contributed by atoms with Gasteiger partial charge in [0.15, 0.2) is 0 Å². The van der Waals surface area contributed by atoms with Gasteiger partial charge in [-0.15, -0.1) is 0 Å². The van der Waals surface area contributed by atoms with Crippen molar-refractivity contribution in [3.8, 4) is 5.75 Å². The summed E-state index contributed by atoms with van der Waals surface area (Å²) in [4.78, 5) is 30.9. The number of rotatable bonds is 7. The Bertz CT molecular complexity index is 1030. The summed E-state index contributed by atoms with van der Waals surface area (Å²) >= 11 is 0. The predicted molar refractivity (Wildman–Crippen MR) is 113 cm³/mol. The molecule has 0 atom stereocenters. The lowest BCUT2D eigenvalue weighted by molar-refractivity contribution is -0.131. The molecule has 9 nitrogen and oxygen atoms in total. The summed E-state index contributed by atoms with van der Waals surface area (Å²) in [5.74, 6) is -0.0964. The Balaban J connectivity index is 1.58. The molecule has 0 bridgehead atoms. The maximum Gasteiger partial charge on any atom is 0.270 e. The highest BCUT2D eigenvalue weighted by Gasteiger charge is 2.28. The van der Waals surface area contributed by atoms with Gasteiger partial charge in [0.05, 0.1) is 24.9 Å². The number of nitrogens with one attached hydrogen (secondary N) is 1. The summed E-state index contributed by atoms with van der Waals surface area (Å²) < 4.78 is 31.0. The molecule has 1 aliphatic heterocycles. The van der Waals surface area contributed by atoms with E-state index in [-0.39, 0.29) is 37.0 Å². The molecule has 0 unspecified atom stereocenters. The molecule has 1 aromatic carbocycles. The van der Waals surface area contributed by atoms with Gasteiger partial charge >= 0.3 is 0 Å². The summed E-state index contributed by atoms with van der Waals surface area (Å²) in [5, 5.41) is 3.39. The Hall–Kier alpha value is -2.72. The Morgan fingerprint density at radius 2 is 1.87 bits per heavy atom. The monoisotopic (exact) mass is 434 g/mol. The van der Waals surface area contributed by atoms with E-state index in [2.05, 4.69) is 10.3 Å². The summed E-state index contributed by atoms with van der Waals surface area (Å²) in [5.41, 5.74) is 0.784. The second-order valence-electron chi connectivity index (χ2n) is 7.01. The number of benzene rings is 1. The number of amides is 2. The Morgan fingerprint density at radius 3 is 2.53 bits per heavy atom. The van der Waals surface area contributed by atoms with Gasteiger partial charge in [-0.1, -0.05) is 19.1 Å². The molecule has 1 aromatic heterocycles. The minimum atomic E-state index is -3.26. The van der Waals surface area contributed by atoms with Crippen LogP contribution in [-0.4, -0.2) is 80.0 Å². The minimum absolute atomic E-state index is 0.110. The van der Waals surface area contributed by atoms with Gasteiger partial charge in [-0.3, -0.25) is 9.59 Å². The van der Waals surface area contributed by atoms with E-state index < -0.39 is 15.9 Å².